The molecule has 1 atom stereocenters. The molecular formula is C12H11BrOS. The van der Waals surface area contributed by atoms with Gasteiger partial charge in [-0.1, -0.05) is 34.1 Å². The fourth-order valence-corrected chi connectivity index (χ4v) is 2.65. The van der Waals surface area contributed by atoms with E-state index in [-0.39, 0.29) is 0 Å². The van der Waals surface area contributed by atoms with Crippen LogP contribution in [0.25, 0.3) is 0 Å². The molecule has 0 aliphatic rings. The highest BCUT2D eigenvalue weighted by Crippen LogP contribution is 2.31. The van der Waals surface area contributed by atoms with Crippen LogP contribution in [0.1, 0.15) is 22.8 Å². The van der Waals surface area contributed by atoms with E-state index in [2.05, 4.69) is 15.9 Å². The van der Waals surface area contributed by atoms with Gasteiger partial charge in [0.2, 0.25) is 0 Å². The topological polar surface area (TPSA) is 20.2 Å². The highest BCUT2D eigenvalue weighted by atomic mass is 79.9. The molecular weight excluding hydrogens is 272 g/mol. The summed E-state index contributed by atoms with van der Waals surface area (Å²) >= 11 is 5.11. The molecule has 0 bridgehead atoms. The van der Waals surface area contributed by atoms with Gasteiger partial charge in [-0.05, 0) is 40.4 Å². The molecule has 78 valence electrons. The van der Waals surface area contributed by atoms with Crippen LogP contribution in [0.15, 0.2) is 39.5 Å². The van der Waals surface area contributed by atoms with E-state index in [9.17, 15) is 5.11 Å². The Morgan fingerprint density at radius 3 is 2.80 bits per heavy atom. The summed E-state index contributed by atoms with van der Waals surface area (Å²) in [6, 6.07) is 7.88. The molecule has 1 nitrogen and oxygen atoms in total. The Bertz CT molecular complexity index is 451. The number of hydrogen-bond acceptors (Lipinski definition) is 2. The fraction of sp³-hybridized carbons (Fsp3) is 0.167. The van der Waals surface area contributed by atoms with E-state index in [4.69, 9.17) is 0 Å². The number of benzene rings is 1. The molecule has 15 heavy (non-hydrogen) atoms. The SMILES string of the molecule is Cc1cccc(C(O)c2ccsc2)c1Br. The van der Waals surface area contributed by atoms with Crippen LogP contribution in [-0.2, 0) is 0 Å². The van der Waals surface area contributed by atoms with Crippen molar-refractivity contribution < 1.29 is 5.11 Å². The fourth-order valence-electron chi connectivity index (χ4n) is 1.49. The molecule has 0 radical (unpaired) electrons. The van der Waals surface area contributed by atoms with Crippen molar-refractivity contribution in [3.8, 4) is 0 Å². The van der Waals surface area contributed by atoms with E-state index < -0.39 is 6.10 Å². The molecule has 2 aromatic rings. The van der Waals surface area contributed by atoms with E-state index in [1.54, 1.807) is 11.3 Å². The number of aliphatic hydroxyl groups excluding tert-OH is 1. The van der Waals surface area contributed by atoms with Crippen LogP contribution >= 0.6 is 27.3 Å². The number of hydrogen-bond donors (Lipinski definition) is 1. The van der Waals surface area contributed by atoms with E-state index in [0.717, 1.165) is 21.2 Å². The first-order valence-electron chi connectivity index (χ1n) is 4.65. The second-order valence-electron chi connectivity index (χ2n) is 3.44. The van der Waals surface area contributed by atoms with Crippen molar-refractivity contribution in [2.75, 3.05) is 0 Å². The van der Waals surface area contributed by atoms with Crippen LogP contribution in [-0.4, -0.2) is 5.11 Å². The number of halogens is 1. The lowest BCUT2D eigenvalue weighted by atomic mass is 10.0. The first-order valence-corrected chi connectivity index (χ1v) is 6.39. The molecule has 0 aliphatic heterocycles. The molecule has 0 saturated carbocycles. The minimum absolute atomic E-state index is 0.537. The zero-order valence-corrected chi connectivity index (χ0v) is 10.7. The van der Waals surface area contributed by atoms with Gasteiger partial charge in [0.1, 0.15) is 6.10 Å². The van der Waals surface area contributed by atoms with Crippen LogP contribution in [0.4, 0.5) is 0 Å². The first kappa shape index (κ1) is 10.9. The van der Waals surface area contributed by atoms with Gasteiger partial charge in [-0.2, -0.15) is 11.3 Å². The van der Waals surface area contributed by atoms with Gasteiger partial charge in [-0.3, -0.25) is 0 Å². The molecule has 0 spiro atoms. The van der Waals surface area contributed by atoms with Crippen molar-refractivity contribution in [3.63, 3.8) is 0 Å². The van der Waals surface area contributed by atoms with Crippen molar-refractivity contribution in [2.24, 2.45) is 0 Å². The van der Waals surface area contributed by atoms with Gasteiger partial charge in [-0.15, -0.1) is 0 Å². The summed E-state index contributed by atoms with van der Waals surface area (Å²) in [6.45, 7) is 2.02. The molecule has 0 aliphatic carbocycles. The van der Waals surface area contributed by atoms with E-state index in [1.807, 2.05) is 41.9 Å². The van der Waals surface area contributed by atoms with E-state index in [0.29, 0.717) is 0 Å². The van der Waals surface area contributed by atoms with E-state index >= 15 is 0 Å². The monoisotopic (exact) mass is 282 g/mol. The Kier molecular flexibility index (Phi) is 3.24. The normalized spacial score (nSPS) is 12.7. The molecule has 0 amide bonds. The first-order chi connectivity index (χ1) is 7.20. The third-order valence-electron chi connectivity index (χ3n) is 2.38. The average Bonchev–Trinajstić information content (AvgIpc) is 2.74. The highest BCUT2D eigenvalue weighted by molar-refractivity contribution is 9.10. The lowest BCUT2D eigenvalue weighted by Crippen LogP contribution is -1.99. The van der Waals surface area contributed by atoms with Crippen LogP contribution in [0.2, 0.25) is 0 Å². The predicted octanol–water partition coefficient (Wildman–Crippen LogP) is 3.90. The molecule has 0 fully saturated rings. The molecule has 1 N–H and O–H groups in total. The van der Waals surface area contributed by atoms with Gasteiger partial charge in [0, 0.05) is 4.47 Å². The van der Waals surface area contributed by atoms with Crippen molar-refractivity contribution in [3.05, 3.63) is 56.2 Å². The van der Waals surface area contributed by atoms with Gasteiger partial charge < -0.3 is 5.11 Å². The molecule has 1 heterocycles. The quantitative estimate of drug-likeness (QED) is 0.886. The number of thiophene rings is 1. The van der Waals surface area contributed by atoms with E-state index in [1.165, 1.54) is 0 Å². The van der Waals surface area contributed by atoms with Crippen LogP contribution in [0.5, 0.6) is 0 Å². The molecule has 2 rings (SSSR count). The molecule has 0 saturated heterocycles. The largest absolute Gasteiger partial charge is 0.384 e. The second kappa shape index (κ2) is 4.47. The number of rotatable bonds is 2. The minimum atomic E-state index is -0.537. The lowest BCUT2D eigenvalue weighted by molar-refractivity contribution is 0.220. The average molecular weight is 283 g/mol. The van der Waals surface area contributed by atoms with Crippen molar-refractivity contribution in [1.82, 2.24) is 0 Å². The van der Waals surface area contributed by atoms with Crippen LogP contribution in [0.3, 0.4) is 0 Å². The third kappa shape index (κ3) is 2.14. The summed E-state index contributed by atoms with van der Waals surface area (Å²) in [5.74, 6) is 0. The van der Waals surface area contributed by atoms with Gasteiger partial charge in [0.25, 0.3) is 0 Å². The molecule has 1 aromatic carbocycles. The summed E-state index contributed by atoms with van der Waals surface area (Å²) in [5.41, 5.74) is 3.02. The zero-order valence-electron chi connectivity index (χ0n) is 8.27. The molecule has 1 unspecified atom stereocenters. The Morgan fingerprint density at radius 2 is 2.13 bits per heavy atom. The van der Waals surface area contributed by atoms with Gasteiger partial charge in [0.15, 0.2) is 0 Å². The summed E-state index contributed by atoms with van der Waals surface area (Å²) in [7, 11) is 0. The minimum Gasteiger partial charge on any atom is -0.384 e. The zero-order chi connectivity index (χ0) is 10.8. The van der Waals surface area contributed by atoms with Crippen LogP contribution < -0.4 is 0 Å². The van der Waals surface area contributed by atoms with Gasteiger partial charge in [0.05, 0.1) is 0 Å². The van der Waals surface area contributed by atoms with Gasteiger partial charge in [-0.25, -0.2) is 0 Å². The van der Waals surface area contributed by atoms with Crippen molar-refractivity contribution >= 4 is 27.3 Å². The Labute approximate surface area is 102 Å². The lowest BCUT2D eigenvalue weighted by Gasteiger charge is -2.12. The summed E-state index contributed by atoms with van der Waals surface area (Å²) in [6.07, 6.45) is -0.537. The van der Waals surface area contributed by atoms with Crippen molar-refractivity contribution in [1.29, 1.82) is 0 Å². The smallest absolute Gasteiger partial charge is 0.106 e. The second-order valence-corrected chi connectivity index (χ2v) is 5.01. The number of aryl methyl sites for hydroxylation is 1. The Hall–Kier alpha value is -0.640. The maximum Gasteiger partial charge on any atom is 0.106 e. The molecule has 1 aromatic heterocycles. The van der Waals surface area contributed by atoms with Gasteiger partial charge >= 0.3 is 0 Å². The predicted molar refractivity (Wildman–Crippen MR) is 67.3 cm³/mol. The van der Waals surface area contributed by atoms with Crippen LogP contribution in [0, 0.1) is 6.92 Å². The summed E-state index contributed by atoms with van der Waals surface area (Å²) < 4.78 is 0.990. The van der Waals surface area contributed by atoms with Crippen molar-refractivity contribution in [2.45, 2.75) is 13.0 Å². The summed E-state index contributed by atoms with van der Waals surface area (Å²) in [4.78, 5) is 0. The summed E-state index contributed by atoms with van der Waals surface area (Å²) in [5, 5.41) is 14.1. The molecule has 3 heteroatoms. The number of aliphatic hydroxyl groups is 1. The standard InChI is InChI=1S/C12H11BrOS/c1-8-3-2-4-10(11(8)13)12(14)9-5-6-15-7-9/h2-7,12,14H,1H3. The maximum absolute atomic E-state index is 10.2. The maximum atomic E-state index is 10.2. The third-order valence-corrected chi connectivity index (χ3v) is 4.16. The Morgan fingerprint density at radius 1 is 1.33 bits per heavy atom. The highest BCUT2D eigenvalue weighted by Gasteiger charge is 2.14. The Balaban J connectivity index is 2.42.